The summed E-state index contributed by atoms with van der Waals surface area (Å²) in [5, 5.41) is 29.0. The Bertz CT molecular complexity index is 280. The van der Waals surface area contributed by atoms with Crippen molar-refractivity contribution in [1.29, 1.82) is 0 Å². The van der Waals surface area contributed by atoms with Crippen molar-refractivity contribution < 1.29 is 19.8 Å². The van der Waals surface area contributed by atoms with Gasteiger partial charge in [0.25, 0.3) is 0 Å². The minimum Gasteiger partial charge on any atom is -0.481 e. The van der Waals surface area contributed by atoms with Gasteiger partial charge in [-0.15, -0.1) is 0 Å². The summed E-state index contributed by atoms with van der Waals surface area (Å²) in [5.74, 6) is -2.44. The zero-order valence-corrected chi connectivity index (χ0v) is 12.3. The van der Waals surface area contributed by atoms with Crippen LogP contribution in [0.4, 0.5) is 0 Å². The van der Waals surface area contributed by atoms with Crippen molar-refractivity contribution in [3.05, 3.63) is 12.2 Å². The van der Waals surface area contributed by atoms with E-state index >= 15 is 0 Å². The van der Waals surface area contributed by atoms with Crippen LogP contribution in [0.2, 0.25) is 0 Å². The van der Waals surface area contributed by atoms with Crippen molar-refractivity contribution >= 4 is 11.9 Å². The summed E-state index contributed by atoms with van der Waals surface area (Å²) in [5.41, 5.74) is -0.303. The van der Waals surface area contributed by atoms with Gasteiger partial charge < -0.3 is 31.5 Å². The Hall–Kier alpha value is -1.48. The fourth-order valence-corrected chi connectivity index (χ4v) is 1.47. The van der Waals surface area contributed by atoms with Crippen LogP contribution in [0.15, 0.2) is 12.2 Å². The first-order chi connectivity index (χ1) is 10.0. The van der Waals surface area contributed by atoms with Crippen molar-refractivity contribution in [2.75, 3.05) is 52.4 Å². The highest BCUT2D eigenvalue weighted by molar-refractivity contribution is 5.91. The first-order valence-corrected chi connectivity index (χ1v) is 6.99. The highest BCUT2D eigenvalue weighted by Crippen LogP contribution is 1.95. The summed E-state index contributed by atoms with van der Waals surface area (Å²) in [4.78, 5) is 19.7. The summed E-state index contributed by atoms with van der Waals surface area (Å²) in [6, 6.07) is 0. The van der Waals surface area contributed by atoms with Gasteiger partial charge in [0.2, 0.25) is 0 Å². The first-order valence-electron chi connectivity index (χ1n) is 6.99. The molecule has 21 heavy (non-hydrogen) atoms. The van der Waals surface area contributed by atoms with Gasteiger partial charge in [0.15, 0.2) is 0 Å². The smallest absolute Gasteiger partial charge is 0.331 e. The largest absolute Gasteiger partial charge is 0.481 e. The molecular weight excluding hydrogens is 276 g/mol. The lowest BCUT2D eigenvalue weighted by Gasteiger charge is -2.11. The minimum atomic E-state index is -1.27. The lowest BCUT2D eigenvalue weighted by atomic mass is 10.2. The van der Waals surface area contributed by atoms with E-state index < -0.39 is 18.4 Å². The molecule has 2 fully saturated rings. The Balaban J connectivity index is 0.000000293. The van der Waals surface area contributed by atoms with E-state index in [-0.39, 0.29) is 5.57 Å². The molecule has 0 unspecified atom stereocenters. The highest BCUT2D eigenvalue weighted by atomic mass is 16.4. The number of carboxylic acid groups (broad SMARTS) is 2. The van der Waals surface area contributed by atoms with E-state index in [0.717, 1.165) is 52.4 Å². The van der Waals surface area contributed by atoms with E-state index in [4.69, 9.17) is 10.2 Å². The second-order valence-electron chi connectivity index (χ2n) is 4.48. The Kier molecular flexibility index (Phi) is 12.5. The number of rotatable bonds is 3. The van der Waals surface area contributed by atoms with Crippen LogP contribution < -0.4 is 21.3 Å². The molecule has 8 nitrogen and oxygen atoms in total. The van der Waals surface area contributed by atoms with Crippen molar-refractivity contribution in [3.63, 3.8) is 0 Å². The van der Waals surface area contributed by atoms with Crippen molar-refractivity contribution in [2.24, 2.45) is 0 Å². The van der Waals surface area contributed by atoms with E-state index in [0.29, 0.717) is 0 Å². The normalized spacial score (nSPS) is 17.3. The van der Waals surface area contributed by atoms with E-state index in [1.807, 2.05) is 0 Å². The molecule has 2 aliphatic heterocycles. The van der Waals surface area contributed by atoms with Crippen LogP contribution in [-0.2, 0) is 9.59 Å². The molecule has 122 valence electrons. The van der Waals surface area contributed by atoms with Gasteiger partial charge in [-0.05, 0) is 0 Å². The summed E-state index contributed by atoms with van der Waals surface area (Å²) in [6.07, 6.45) is -0.505. The lowest BCUT2D eigenvalue weighted by molar-refractivity contribution is -0.139. The van der Waals surface area contributed by atoms with Crippen LogP contribution in [0.5, 0.6) is 0 Å². The topological polar surface area (TPSA) is 123 Å². The average Bonchev–Trinajstić information content (AvgIpc) is 2.51. The molecule has 0 amide bonds. The number of nitrogens with one attached hydrogen (secondary N) is 4. The van der Waals surface area contributed by atoms with Gasteiger partial charge >= 0.3 is 11.9 Å². The summed E-state index contributed by atoms with van der Waals surface area (Å²) < 4.78 is 0. The zero-order chi connectivity index (χ0) is 15.9. The van der Waals surface area contributed by atoms with Gasteiger partial charge in [-0.25, -0.2) is 4.79 Å². The molecule has 0 bridgehead atoms. The van der Waals surface area contributed by atoms with Crippen LogP contribution in [-0.4, -0.2) is 74.5 Å². The van der Waals surface area contributed by atoms with Gasteiger partial charge in [-0.2, -0.15) is 0 Å². The molecule has 2 rings (SSSR count). The molecule has 2 aliphatic rings. The number of carbonyl (C=O) groups is 2. The molecular formula is C13H26N4O4. The molecule has 0 spiro atoms. The van der Waals surface area contributed by atoms with Crippen LogP contribution in [0.3, 0.4) is 0 Å². The Morgan fingerprint density at radius 2 is 1.05 bits per heavy atom. The maximum Gasteiger partial charge on any atom is 0.331 e. The predicted octanol–water partition coefficient (Wildman–Crippen LogP) is -1.54. The van der Waals surface area contributed by atoms with Crippen molar-refractivity contribution in [2.45, 2.75) is 6.42 Å². The van der Waals surface area contributed by atoms with Crippen LogP contribution in [0.25, 0.3) is 0 Å². The van der Waals surface area contributed by atoms with Crippen LogP contribution in [0, 0.1) is 0 Å². The molecule has 0 aromatic rings. The predicted molar refractivity (Wildman–Crippen MR) is 80.5 cm³/mol. The van der Waals surface area contributed by atoms with Crippen LogP contribution in [0.1, 0.15) is 6.42 Å². The highest BCUT2D eigenvalue weighted by Gasteiger charge is 2.07. The Morgan fingerprint density at radius 1 is 0.762 bits per heavy atom. The minimum absolute atomic E-state index is 0.303. The van der Waals surface area contributed by atoms with Crippen LogP contribution >= 0.6 is 0 Å². The maximum absolute atomic E-state index is 9.87. The molecule has 0 saturated carbocycles. The van der Waals surface area contributed by atoms with E-state index in [9.17, 15) is 9.59 Å². The number of hydrogen-bond donors (Lipinski definition) is 6. The van der Waals surface area contributed by atoms with Gasteiger partial charge in [0, 0.05) is 57.9 Å². The molecule has 0 aromatic carbocycles. The van der Waals surface area contributed by atoms with Crippen molar-refractivity contribution in [3.8, 4) is 0 Å². The number of piperazine rings is 2. The zero-order valence-electron chi connectivity index (χ0n) is 12.3. The summed E-state index contributed by atoms with van der Waals surface area (Å²) in [6.45, 7) is 12.1. The lowest BCUT2D eigenvalue weighted by Crippen LogP contribution is -2.39. The molecule has 2 saturated heterocycles. The first kappa shape index (κ1) is 19.5. The molecule has 2 heterocycles. The van der Waals surface area contributed by atoms with Gasteiger partial charge in [-0.3, -0.25) is 4.79 Å². The summed E-state index contributed by atoms with van der Waals surface area (Å²) >= 11 is 0. The fraction of sp³-hybridized carbons (Fsp3) is 0.692. The van der Waals surface area contributed by atoms with E-state index in [1.165, 1.54) is 0 Å². The second kappa shape index (κ2) is 13.5. The second-order valence-corrected chi connectivity index (χ2v) is 4.48. The Morgan fingerprint density at radius 3 is 1.14 bits per heavy atom. The van der Waals surface area contributed by atoms with E-state index in [1.54, 1.807) is 0 Å². The molecule has 0 radical (unpaired) electrons. The standard InChI is InChI=1S/C5H6O4.2C4H10N2/c1-3(5(8)9)2-4(6)7;2*1-2-6-4-3-5-1/h1-2H2,(H,6,7)(H,8,9);2*5-6H,1-4H2. The molecule has 0 aromatic heterocycles. The maximum atomic E-state index is 9.87. The fourth-order valence-electron chi connectivity index (χ4n) is 1.47. The quantitative estimate of drug-likeness (QED) is 0.347. The number of aliphatic carboxylic acids is 2. The van der Waals surface area contributed by atoms with Gasteiger partial charge in [0.1, 0.15) is 0 Å². The van der Waals surface area contributed by atoms with E-state index in [2.05, 4.69) is 27.8 Å². The molecule has 0 aliphatic carbocycles. The van der Waals surface area contributed by atoms with Crippen molar-refractivity contribution in [1.82, 2.24) is 21.3 Å². The third kappa shape index (κ3) is 14.7. The third-order valence-corrected chi connectivity index (χ3v) is 2.58. The SMILES string of the molecule is C1CNCCN1.C1CNCCN1.C=C(CC(=O)O)C(=O)O. The third-order valence-electron chi connectivity index (χ3n) is 2.58. The van der Waals surface area contributed by atoms with Gasteiger partial charge in [0.05, 0.1) is 6.42 Å². The molecule has 0 atom stereocenters. The molecule has 8 heteroatoms. The van der Waals surface area contributed by atoms with Gasteiger partial charge in [-0.1, -0.05) is 6.58 Å². The monoisotopic (exact) mass is 302 g/mol. The summed E-state index contributed by atoms with van der Waals surface area (Å²) in [7, 11) is 0. The Labute approximate surface area is 125 Å². The average molecular weight is 302 g/mol. The number of hydrogen-bond acceptors (Lipinski definition) is 6. The molecule has 6 N–H and O–H groups in total. The number of carboxylic acids is 2.